The fourth-order valence-corrected chi connectivity index (χ4v) is 1.26. The third-order valence-corrected chi connectivity index (χ3v) is 2.02. The van der Waals surface area contributed by atoms with Crippen molar-refractivity contribution in [2.45, 2.75) is 13.3 Å². The van der Waals surface area contributed by atoms with E-state index in [4.69, 9.17) is 4.52 Å². The maximum atomic E-state index is 4.87. The number of aryl methyl sites for hydroxylation is 2. The molecule has 0 aliphatic carbocycles. The van der Waals surface area contributed by atoms with E-state index in [1.54, 1.807) is 13.1 Å². The quantitative estimate of drug-likeness (QED) is 0.801. The van der Waals surface area contributed by atoms with Crippen molar-refractivity contribution in [2.24, 2.45) is 7.05 Å². The first kappa shape index (κ1) is 9.70. The molecule has 0 aromatic carbocycles. The summed E-state index contributed by atoms with van der Waals surface area (Å²) in [5.74, 6) is 2.16. The van der Waals surface area contributed by atoms with Crippen molar-refractivity contribution in [2.75, 3.05) is 11.9 Å². The van der Waals surface area contributed by atoms with Crippen LogP contribution in [0.2, 0.25) is 0 Å². The number of hydrogen-bond acceptors (Lipinski definition) is 5. The van der Waals surface area contributed by atoms with E-state index in [1.165, 1.54) is 0 Å². The average Bonchev–Trinajstić information content (AvgIpc) is 2.77. The van der Waals surface area contributed by atoms with Gasteiger partial charge in [0.15, 0.2) is 5.82 Å². The molecule has 0 saturated carbocycles. The second kappa shape index (κ2) is 4.12. The van der Waals surface area contributed by atoms with Gasteiger partial charge in [-0.1, -0.05) is 5.16 Å². The summed E-state index contributed by atoms with van der Waals surface area (Å²) in [5, 5.41) is 6.98. The van der Waals surface area contributed by atoms with Crippen molar-refractivity contribution >= 4 is 5.95 Å². The number of anilines is 1. The third-order valence-electron chi connectivity index (χ3n) is 2.02. The van der Waals surface area contributed by atoms with Crippen LogP contribution in [0.15, 0.2) is 16.9 Å². The van der Waals surface area contributed by atoms with Crippen LogP contribution in [0.4, 0.5) is 5.95 Å². The Bertz CT molecular complexity index is 433. The molecule has 0 bridgehead atoms. The van der Waals surface area contributed by atoms with Gasteiger partial charge >= 0.3 is 0 Å². The first-order chi connectivity index (χ1) is 7.25. The molecule has 0 aliphatic rings. The van der Waals surface area contributed by atoms with Crippen molar-refractivity contribution < 1.29 is 4.52 Å². The molecule has 0 saturated heterocycles. The van der Waals surface area contributed by atoms with Crippen LogP contribution in [0.25, 0.3) is 0 Å². The van der Waals surface area contributed by atoms with Crippen molar-refractivity contribution in [3.63, 3.8) is 0 Å². The summed E-state index contributed by atoms with van der Waals surface area (Å²) < 4.78 is 6.78. The van der Waals surface area contributed by atoms with Gasteiger partial charge < -0.3 is 14.4 Å². The Hall–Kier alpha value is -1.85. The first-order valence-corrected chi connectivity index (χ1v) is 4.76. The van der Waals surface area contributed by atoms with Crippen LogP contribution in [0.5, 0.6) is 0 Å². The van der Waals surface area contributed by atoms with E-state index in [0.29, 0.717) is 11.7 Å². The molecule has 2 heterocycles. The zero-order chi connectivity index (χ0) is 10.7. The topological polar surface area (TPSA) is 68.8 Å². The summed E-state index contributed by atoms with van der Waals surface area (Å²) in [5.41, 5.74) is 0. The van der Waals surface area contributed by atoms with Crippen molar-refractivity contribution in [1.82, 2.24) is 19.7 Å². The fraction of sp³-hybridized carbons (Fsp3) is 0.444. The van der Waals surface area contributed by atoms with Crippen molar-refractivity contribution in [1.29, 1.82) is 0 Å². The number of rotatable bonds is 4. The van der Waals surface area contributed by atoms with Crippen LogP contribution in [-0.4, -0.2) is 26.2 Å². The number of imidazole rings is 1. The Morgan fingerprint density at radius 2 is 2.40 bits per heavy atom. The second-order valence-electron chi connectivity index (χ2n) is 3.27. The minimum absolute atomic E-state index is 0.599. The highest BCUT2D eigenvalue weighted by molar-refractivity contribution is 5.25. The molecule has 2 aromatic heterocycles. The van der Waals surface area contributed by atoms with Crippen LogP contribution in [0.3, 0.4) is 0 Å². The van der Waals surface area contributed by atoms with E-state index < -0.39 is 0 Å². The molecule has 0 spiro atoms. The van der Waals surface area contributed by atoms with E-state index in [2.05, 4.69) is 20.4 Å². The molecular formula is C9H13N5O. The van der Waals surface area contributed by atoms with E-state index in [0.717, 1.165) is 18.9 Å². The number of nitrogens with zero attached hydrogens (tertiary/aromatic N) is 4. The van der Waals surface area contributed by atoms with Gasteiger partial charge in [0.05, 0.1) is 0 Å². The van der Waals surface area contributed by atoms with Crippen LogP contribution >= 0.6 is 0 Å². The Morgan fingerprint density at radius 3 is 3.00 bits per heavy atom. The molecule has 1 N–H and O–H groups in total. The van der Waals surface area contributed by atoms with Gasteiger partial charge in [0.2, 0.25) is 11.8 Å². The van der Waals surface area contributed by atoms with E-state index in [9.17, 15) is 0 Å². The van der Waals surface area contributed by atoms with Crippen LogP contribution in [0.1, 0.15) is 11.7 Å². The smallest absolute Gasteiger partial charge is 0.223 e. The standard InChI is InChI=1S/C9H13N5O/c1-7-12-8(13-15-7)3-4-10-9-11-5-6-14(9)2/h5-6H,3-4H2,1-2H3,(H,10,11). The fourth-order valence-electron chi connectivity index (χ4n) is 1.26. The summed E-state index contributed by atoms with van der Waals surface area (Å²) >= 11 is 0. The first-order valence-electron chi connectivity index (χ1n) is 4.76. The molecule has 2 rings (SSSR count). The predicted molar refractivity (Wildman–Crippen MR) is 54.4 cm³/mol. The average molecular weight is 207 g/mol. The molecule has 2 aromatic rings. The van der Waals surface area contributed by atoms with Gasteiger partial charge in [0.25, 0.3) is 0 Å². The van der Waals surface area contributed by atoms with Crippen molar-refractivity contribution in [3.05, 3.63) is 24.1 Å². The monoisotopic (exact) mass is 207 g/mol. The lowest BCUT2D eigenvalue weighted by molar-refractivity contribution is 0.387. The highest BCUT2D eigenvalue weighted by atomic mass is 16.5. The Kier molecular flexibility index (Phi) is 2.66. The molecule has 0 aliphatic heterocycles. The molecule has 0 atom stereocenters. The number of hydrogen-bond donors (Lipinski definition) is 1. The molecule has 0 radical (unpaired) electrons. The van der Waals surface area contributed by atoms with Crippen LogP contribution in [-0.2, 0) is 13.5 Å². The minimum Gasteiger partial charge on any atom is -0.355 e. The van der Waals surface area contributed by atoms with E-state index in [1.807, 2.05) is 17.8 Å². The highest BCUT2D eigenvalue weighted by Crippen LogP contribution is 2.01. The summed E-state index contributed by atoms with van der Waals surface area (Å²) in [4.78, 5) is 8.25. The van der Waals surface area contributed by atoms with Gasteiger partial charge in [0.1, 0.15) is 0 Å². The Balaban J connectivity index is 1.83. The van der Waals surface area contributed by atoms with Crippen molar-refractivity contribution in [3.8, 4) is 0 Å². The highest BCUT2D eigenvalue weighted by Gasteiger charge is 2.02. The lowest BCUT2D eigenvalue weighted by Gasteiger charge is -2.03. The molecule has 0 fully saturated rings. The normalized spacial score (nSPS) is 10.5. The molecule has 15 heavy (non-hydrogen) atoms. The lowest BCUT2D eigenvalue weighted by Crippen LogP contribution is -2.09. The summed E-state index contributed by atoms with van der Waals surface area (Å²) in [6, 6.07) is 0. The largest absolute Gasteiger partial charge is 0.355 e. The molecule has 0 amide bonds. The van der Waals surface area contributed by atoms with Gasteiger partial charge in [0, 0.05) is 39.3 Å². The Labute approximate surface area is 87.3 Å². The summed E-state index contributed by atoms with van der Waals surface area (Å²) in [6.07, 6.45) is 4.37. The molecule has 6 heteroatoms. The van der Waals surface area contributed by atoms with E-state index in [-0.39, 0.29) is 0 Å². The lowest BCUT2D eigenvalue weighted by atomic mass is 10.4. The summed E-state index contributed by atoms with van der Waals surface area (Å²) in [6.45, 7) is 2.52. The van der Waals surface area contributed by atoms with E-state index >= 15 is 0 Å². The van der Waals surface area contributed by atoms with Gasteiger partial charge in [-0.2, -0.15) is 4.98 Å². The maximum Gasteiger partial charge on any atom is 0.223 e. The SMILES string of the molecule is Cc1nc(CCNc2nccn2C)no1. The summed E-state index contributed by atoms with van der Waals surface area (Å²) in [7, 11) is 1.94. The van der Waals surface area contributed by atoms with Crippen LogP contribution in [0, 0.1) is 6.92 Å². The maximum absolute atomic E-state index is 4.87. The van der Waals surface area contributed by atoms with Crippen LogP contribution < -0.4 is 5.32 Å². The van der Waals surface area contributed by atoms with Gasteiger partial charge in [-0.05, 0) is 0 Å². The predicted octanol–water partition coefficient (Wildman–Crippen LogP) is 0.766. The molecule has 80 valence electrons. The second-order valence-corrected chi connectivity index (χ2v) is 3.27. The Morgan fingerprint density at radius 1 is 1.53 bits per heavy atom. The van der Waals surface area contributed by atoms with Gasteiger partial charge in [-0.15, -0.1) is 0 Å². The zero-order valence-electron chi connectivity index (χ0n) is 8.77. The van der Waals surface area contributed by atoms with Gasteiger partial charge in [-0.25, -0.2) is 4.98 Å². The third kappa shape index (κ3) is 2.34. The van der Waals surface area contributed by atoms with Gasteiger partial charge in [-0.3, -0.25) is 0 Å². The molecule has 6 nitrogen and oxygen atoms in total. The molecule has 0 unspecified atom stereocenters. The molecular weight excluding hydrogens is 194 g/mol. The number of aromatic nitrogens is 4. The minimum atomic E-state index is 0.599. The number of nitrogens with one attached hydrogen (secondary N) is 1. The zero-order valence-corrected chi connectivity index (χ0v) is 8.77.